The van der Waals surface area contributed by atoms with Gasteiger partial charge in [0.2, 0.25) is 0 Å². The third kappa shape index (κ3) is 5.19. The highest BCUT2D eigenvalue weighted by Crippen LogP contribution is 2.21. The van der Waals surface area contributed by atoms with Gasteiger partial charge in [-0.3, -0.25) is 0 Å². The van der Waals surface area contributed by atoms with Crippen LogP contribution in [0, 0.1) is 6.92 Å². The van der Waals surface area contributed by atoms with Crippen molar-refractivity contribution in [1.82, 2.24) is 5.32 Å². The van der Waals surface area contributed by atoms with Gasteiger partial charge in [0.05, 0.1) is 6.10 Å². The fraction of sp³-hybridized carbons (Fsp3) is 0.625. The highest BCUT2D eigenvalue weighted by atomic mass is 16.5. The van der Waals surface area contributed by atoms with Gasteiger partial charge in [-0.15, -0.1) is 0 Å². The summed E-state index contributed by atoms with van der Waals surface area (Å²) in [6.45, 7) is 10.4. The largest absolute Gasteiger partial charge is 0.372 e. The smallest absolute Gasteiger partial charge is 0.0951 e. The summed E-state index contributed by atoms with van der Waals surface area (Å²) in [6.07, 6.45) is 2.47. The van der Waals surface area contributed by atoms with E-state index in [1.165, 1.54) is 17.5 Å². The average molecular weight is 249 g/mol. The molecule has 1 atom stereocenters. The number of ether oxygens (including phenoxy) is 1. The van der Waals surface area contributed by atoms with E-state index in [2.05, 4.69) is 57.3 Å². The average Bonchev–Trinajstić information content (AvgIpc) is 2.34. The molecule has 1 unspecified atom stereocenters. The van der Waals surface area contributed by atoms with E-state index >= 15 is 0 Å². The first-order valence-electron chi connectivity index (χ1n) is 7.05. The van der Waals surface area contributed by atoms with Gasteiger partial charge in [-0.2, -0.15) is 0 Å². The molecular formula is C16H27NO. The van der Waals surface area contributed by atoms with Crippen LogP contribution < -0.4 is 5.32 Å². The predicted molar refractivity (Wildman–Crippen MR) is 77.9 cm³/mol. The second-order valence-corrected chi connectivity index (χ2v) is 5.13. The normalized spacial score (nSPS) is 12.9. The van der Waals surface area contributed by atoms with Crippen LogP contribution in [0.3, 0.4) is 0 Å². The zero-order valence-corrected chi connectivity index (χ0v) is 12.2. The second-order valence-electron chi connectivity index (χ2n) is 5.13. The van der Waals surface area contributed by atoms with Gasteiger partial charge in [-0.05, 0) is 24.5 Å². The number of nitrogens with one attached hydrogen (secondary N) is 1. The van der Waals surface area contributed by atoms with E-state index < -0.39 is 0 Å². The Morgan fingerprint density at radius 3 is 2.56 bits per heavy atom. The molecule has 102 valence electrons. The highest BCUT2D eigenvalue weighted by molar-refractivity contribution is 5.28. The molecule has 0 aliphatic heterocycles. The first kappa shape index (κ1) is 15.2. The van der Waals surface area contributed by atoms with Gasteiger partial charge in [0.25, 0.3) is 0 Å². The van der Waals surface area contributed by atoms with E-state index in [0.717, 1.165) is 19.6 Å². The molecule has 0 aliphatic carbocycles. The Kier molecular flexibility index (Phi) is 6.99. The third-order valence-electron chi connectivity index (χ3n) is 3.06. The van der Waals surface area contributed by atoms with Crippen LogP contribution in [0.15, 0.2) is 24.3 Å². The Bertz CT molecular complexity index is 336. The monoisotopic (exact) mass is 249 g/mol. The summed E-state index contributed by atoms with van der Waals surface area (Å²) in [4.78, 5) is 0. The molecule has 1 rings (SSSR count). The summed E-state index contributed by atoms with van der Waals surface area (Å²) in [5, 5.41) is 3.47. The SMILES string of the molecule is CCCCOC(CNC(C)C)c1ccccc1C. The van der Waals surface area contributed by atoms with Crippen LogP contribution in [0.5, 0.6) is 0 Å². The van der Waals surface area contributed by atoms with Crippen LogP contribution in [0.2, 0.25) is 0 Å². The summed E-state index contributed by atoms with van der Waals surface area (Å²) >= 11 is 0. The topological polar surface area (TPSA) is 21.3 Å². The number of rotatable bonds is 8. The van der Waals surface area contributed by atoms with Crippen LogP contribution in [0.25, 0.3) is 0 Å². The Labute approximate surface area is 112 Å². The van der Waals surface area contributed by atoms with Gasteiger partial charge in [0.1, 0.15) is 0 Å². The number of hydrogen-bond donors (Lipinski definition) is 1. The van der Waals surface area contributed by atoms with E-state index in [1.807, 2.05) is 0 Å². The van der Waals surface area contributed by atoms with Crippen LogP contribution in [0.4, 0.5) is 0 Å². The maximum Gasteiger partial charge on any atom is 0.0951 e. The van der Waals surface area contributed by atoms with Crippen LogP contribution in [0.1, 0.15) is 50.8 Å². The van der Waals surface area contributed by atoms with E-state index in [0.29, 0.717) is 6.04 Å². The summed E-state index contributed by atoms with van der Waals surface area (Å²) in [5.74, 6) is 0. The lowest BCUT2D eigenvalue weighted by molar-refractivity contribution is 0.0490. The molecule has 2 nitrogen and oxygen atoms in total. The standard InChI is InChI=1S/C16H27NO/c1-5-6-11-18-16(12-17-13(2)3)15-10-8-7-9-14(15)4/h7-10,13,16-17H,5-6,11-12H2,1-4H3. The zero-order chi connectivity index (χ0) is 13.4. The van der Waals surface area contributed by atoms with Crippen LogP contribution in [-0.4, -0.2) is 19.2 Å². The molecule has 0 aliphatic rings. The minimum atomic E-state index is 0.167. The molecule has 0 fully saturated rings. The van der Waals surface area contributed by atoms with Crippen molar-refractivity contribution in [3.8, 4) is 0 Å². The van der Waals surface area contributed by atoms with Crippen molar-refractivity contribution >= 4 is 0 Å². The summed E-state index contributed by atoms with van der Waals surface area (Å²) in [6, 6.07) is 8.99. The Morgan fingerprint density at radius 1 is 1.22 bits per heavy atom. The molecule has 1 aromatic carbocycles. The van der Waals surface area contributed by atoms with Crippen molar-refractivity contribution in [2.75, 3.05) is 13.2 Å². The molecule has 1 aromatic rings. The van der Waals surface area contributed by atoms with Crippen molar-refractivity contribution in [3.63, 3.8) is 0 Å². The predicted octanol–water partition coefficient (Wildman–Crippen LogP) is 3.85. The molecule has 0 saturated carbocycles. The number of benzene rings is 1. The molecule has 0 spiro atoms. The van der Waals surface area contributed by atoms with E-state index in [-0.39, 0.29) is 6.10 Å². The molecule has 0 amide bonds. The lowest BCUT2D eigenvalue weighted by Gasteiger charge is -2.22. The van der Waals surface area contributed by atoms with Crippen LogP contribution >= 0.6 is 0 Å². The Balaban J connectivity index is 2.66. The fourth-order valence-corrected chi connectivity index (χ4v) is 1.92. The third-order valence-corrected chi connectivity index (χ3v) is 3.06. The first-order chi connectivity index (χ1) is 8.65. The van der Waals surface area contributed by atoms with E-state index in [1.54, 1.807) is 0 Å². The van der Waals surface area contributed by atoms with Crippen molar-refractivity contribution in [1.29, 1.82) is 0 Å². The highest BCUT2D eigenvalue weighted by Gasteiger charge is 2.14. The van der Waals surface area contributed by atoms with Crippen molar-refractivity contribution in [2.45, 2.75) is 52.7 Å². The summed E-state index contributed by atoms with van der Waals surface area (Å²) in [5.41, 5.74) is 2.62. The molecule has 0 aromatic heterocycles. The number of unbranched alkanes of at least 4 members (excludes halogenated alkanes) is 1. The molecule has 18 heavy (non-hydrogen) atoms. The van der Waals surface area contributed by atoms with Gasteiger partial charge < -0.3 is 10.1 Å². The van der Waals surface area contributed by atoms with Crippen LogP contribution in [-0.2, 0) is 4.74 Å². The lowest BCUT2D eigenvalue weighted by atomic mass is 10.0. The Morgan fingerprint density at radius 2 is 1.94 bits per heavy atom. The quantitative estimate of drug-likeness (QED) is 0.707. The van der Waals surface area contributed by atoms with E-state index in [9.17, 15) is 0 Å². The molecule has 0 heterocycles. The van der Waals surface area contributed by atoms with Gasteiger partial charge >= 0.3 is 0 Å². The van der Waals surface area contributed by atoms with E-state index in [4.69, 9.17) is 4.74 Å². The molecule has 0 bridgehead atoms. The van der Waals surface area contributed by atoms with Crippen molar-refractivity contribution < 1.29 is 4.74 Å². The minimum Gasteiger partial charge on any atom is -0.372 e. The second kappa shape index (κ2) is 8.28. The Hall–Kier alpha value is -0.860. The lowest BCUT2D eigenvalue weighted by Crippen LogP contribution is -2.29. The van der Waals surface area contributed by atoms with Gasteiger partial charge in [0.15, 0.2) is 0 Å². The van der Waals surface area contributed by atoms with Gasteiger partial charge in [-0.25, -0.2) is 0 Å². The minimum absolute atomic E-state index is 0.167. The van der Waals surface area contributed by atoms with Gasteiger partial charge in [0, 0.05) is 19.2 Å². The summed E-state index contributed by atoms with van der Waals surface area (Å²) in [7, 11) is 0. The molecule has 0 saturated heterocycles. The molecule has 1 N–H and O–H groups in total. The van der Waals surface area contributed by atoms with Crippen molar-refractivity contribution in [2.24, 2.45) is 0 Å². The first-order valence-corrected chi connectivity index (χ1v) is 7.05. The zero-order valence-electron chi connectivity index (χ0n) is 12.2. The van der Waals surface area contributed by atoms with Crippen molar-refractivity contribution in [3.05, 3.63) is 35.4 Å². The molecule has 2 heteroatoms. The summed E-state index contributed by atoms with van der Waals surface area (Å²) < 4.78 is 6.04. The number of aryl methyl sites for hydroxylation is 1. The maximum atomic E-state index is 6.04. The fourth-order valence-electron chi connectivity index (χ4n) is 1.92. The number of hydrogen-bond acceptors (Lipinski definition) is 2. The molecule has 0 radical (unpaired) electrons. The maximum absolute atomic E-state index is 6.04. The molecular weight excluding hydrogens is 222 g/mol. The van der Waals surface area contributed by atoms with Gasteiger partial charge in [-0.1, -0.05) is 51.5 Å².